The molecule has 0 amide bonds. The van der Waals surface area contributed by atoms with E-state index in [0.717, 1.165) is 12.3 Å². The number of nitrogens with one attached hydrogen (secondary N) is 1. The Balaban J connectivity index is 2.62. The molecule has 0 saturated carbocycles. The molecule has 2 aromatic carbocycles. The Bertz CT molecular complexity index is 662. The first kappa shape index (κ1) is 19.3. The maximum absolute atomic E-state index is 3.77. The van der Waals surface area contributed by atoms with Gasteiger partial charge in [-0.2, -0.15) is 0 Å². The van der Waals surface area contributed by atoms with Crippen LogP contribution in [0.3, 0.4) is 0 Å². The number of allylic oxidation sites excluding steroid dienone is 4. The van der Waals surface area contributed by atoms with Crippen LogP contribution in [0, 0.1) is 0 Å². The van der Waals surface area contributed by atoms with Crippen LogP contribution in [-0.2, 0) is 4.75 Å². The summed E-state index contributed by atoms with van der Waals surface area (Å²) in [6.07, 6.45) is 8.06. The summed E-state index contributed by atoms with van der Waals surface area (Å²) in [5.74, 6) is 1.02. The van der Waals surface area contributed by atoms with E-state index < -0.39 is 0 Å². The van der Waals surface area contributed by atoms with Crippen LogP contribution in [-0.4, -0.2) is 19.3 Å². The Labute approximate surface area is 156 Å². The minimum Gasteiger partial charge on any atom is -0.319 e. The average molecular weight is 350 g/mol. The van der Waals surface area contributed by atoms with Gasteiger partial charge < -0.3 is 5.32 Å². The molecule has 1 nitrogen and oxygen atoms in total. The van der Waals surface area contributed by atoms with Crippen molar-refractivity contribution in [2.75, 3.05) is 19.3 Å². The number of hydrogen-bond donors (Lipinski definition) is 1. The van der Waals surface area contributed by atoms with Crippen LogP contribution in [0.5, 0.6) is 0 Å². The summed E-state index contributed by atoms with van der Waals surface area (Å²) in [5, 5.41) is 3.27. The highest BCUT2D eigenvalue weighted by atomic mass is 32.2. The summed E-state index contributed by atoms with van der Waals surface area (Å²) in [5.41, 5.74) is 3.93. The maximum Gasteiger partial charge on any atom is 0.0867 e. The lowest BCUT2D eigenvalue weighted by molar-refractivity contribution is 0.841. The van der Waals surface area contributed by atoms with Crippen molar-refractivity contribution in [1.29, 1.82) is 0 Å². The van der Waals surface area contributed by atoms with Crippen molar-refractivity contribution in [3.63, 3.8) is 0 Å². The topological polar surface area (TPSA) is 12.0 Å². The zero-order chi connectivity index (χ0) is 18.0. The monoisotopic (exact) mass is 349 g/mol. The van der Waals surface area contributed by atoms with Gasteiger partial charge in [-0.25, -0.2) is 0 Å². The molecule has 0 aliphatic heterocycles. The van der Waals surface area contributed by atoms with Gasteiger partial charge in [0.1, 0.15) is 0 Å². The molecule has 2 aromatic rings. The molecule has 0 radical (unpaired) electrons. The van der Waals surface area contributed by atoms with Crippen LogP contribution in [0.25, 0.3) is 0 Å². The zero-order valence-electron chi connectivity index (χ0n) is 15.1. The lowest BCUT2D eigenvalue weighted by atomic mass is 9.84. The van der Waals surface area contributed by atoms with Gasteiger partial charge in [-0.3, -0.25) is 0 Å². The number of rotatable bonds is 9. The van der Waals surface area contributed by atoms with Crippen molar-refractivity contribution in [1.82, 2.24) is 5.32 Å². The van der Waals surface area contributed by atoms with Crippen LogP contribution in [0.15, 0.2) is 97.1 Å². The molecule has 0 saturated heterocycles. The van der Waals surface area contributed by atoms with Crippen molar-refractivity contribution in [2.24, 2.45) is 0 Å². The molecule has 0 spiro atoms. The third-order valence-electron chi connectivity index (χ3n) is 4.18. The molecule has 2 heteroatoms. The fourth-order valence-corrected chi connectivity index (χ4v) is 4.46. The van der Waals surface area contributed by atoms with E-state index in [4.69, 9.17) is 0 Å². The second-order valence-electron chi connectivity index (χ2n) is 5.84. The van der Waals surface area contributed by atoms with E-state index in [2.05, 4.69) is 91.6 Å². The molecule has 1 N–H and O–H groups in total. The minimum atomic E-state index is -0.203. The van der Waals surface area contributed by atoms with Crippen LogP contribution in [0.1, 0.15) is 18.1 Å². The predicted molar refractivity (Wildman–Crippen MR) is 113 cm³/mol. The Hall–Kier alpha value is -2.03. The molecule has 2 rings (SSSR count). The Morgan fingerprint density at radius 1 is 1.00 bits per heavy atom. The van der Waals surface area contributed by atoms with Crippen molar-refractivity contribution in [2.45, 2.75) is 11.7 Å². The van der Waals surface area contributed by atoms with Gasteiger partial charge >= 0.3 is 0 Å². The fraction of sp³-hybridized carbons (Fsp3) is 0.217. The molecule has 0 aliphatic rings. The smallest absolute Gasteiger partial charge is 0.0867 e. The number of benzene rings is 2. The molecular weight excluding hydrogens is 322 g/mol. The third-order valence-corrected chi connectivity index (χ3v) is 5.81. The molecule has 0 aromatic heterocycles. The van der Waals surface area contributed by atoms with Gasteiger partial charge in [-0.05, 0) is 30.7 Å². The van der Waals surface area contributed by atoms with Gasteiger partial charge in [0, 0.05) is 12.3 Å². The minimum absolute atomic E-state index is 0.203. The van der Waals surface area contributed by atoms with Gasteiger partial charge in [-0.1, -0.05) is 91.5 Å². The molecular formula is C23H27NS. The summed E-state index contributed by atoms with van der Waals surface area (Å²) in [7, 11) is 2.00. The Morgan fingerprint density at radius 3 is 2.04 bits per heavy atom. The summed E-state index contributed by atoms with van der Waals surface area (Å²) in [6.45, 7) is 6.96. The third kappa shape index (κ3) is 4.75. The van der Waals surface area contributed by atoms with E-state index >= 15 is 0 Å². The van der Waals surface area contributed by atoms with Gasteiger partial charge in [-0.15, -0.1) is 11.8 Å². The van der Waals surface area contributed by atoms with Crippen molar-refractivity contribution in [3.05, 3.63) is 108 Å². The summed E-state index contributed by atoms with van der Waals surface area (Å²) in [4.78, 5) is 0. The first-order chi connectivity index (χ1) is 12.3. The van der Waals surface area contributed by atoms with Crippen molar-refractivity contribution < 1.29 is 0 Å². The van der Waals surface area contributed by atoms with E-state index in [0.29, 0.717) is 0 Å². The standard InChI is InChI=1S/C23H27NS/c1-4-5-8-13-20(2)23(25-19-18-24-3,21-14-9-6-10-15-21)22-16-11-7-12-17-22/h4-17,24H,1,18-19H2,2-3H3/b8-5-,20-13+. The molecule has 0 heterocycles. The molecule has 0 unspecified atom stereocenters. The molecule has 130 valence electrons. The van der Waals surface area contributed by atoms with Gasteiger partial charge in [0.25, 0.3) is 0 Å². The lowest BCUT2D eigenvalue weighted by Crippen LogP contribution is -2.27. The maximum atomic E-state index is 3.77. The van der Waals surface area contributed by atoms with Crippen LogP contribution >= 0.6 is 11.8 Å². The van der Waals surface area contributed by atoms with Gasteiger partial charge in [0.2, 0.25) is 0 Å². The largest absolute Gasteiger partial charge is 0.319 e. The second kappa shape index (κ2) is 10.1. The Kier molecular flexibility index (Phi) is 7.77. The highest BCUT2D eigenvalue weighted by molar-refractivity contribution is 8.00. The highest BCUT2D eigenvalue weighted by Gasteiger charge is 2.36. The van der Waals surface area contributed by atoms with E-state index in [1.165, 1.54) is 16.7 Å². The molecule has 0 fully saturated rings. The zero-order valence-corrected chi connectivity index (χ0v) is 15.9. The summed E-state index contributed by atoms with van der Waals surface area (Å²) >= 11 is 1.98. The SMILES string of the molecule is C=C/C=C\C=C(/C)C(SCCNC)(c1ccccc1)c1ccccc1. The van der Waals surface area contributed by atoms with Crippen LogP contribution in [0.2, 0.25) is 0 Å². The fourth-order valence-electron chi connectivity index (χ4n) is 2.95. The first-order valence-corrected chi connectivity index (χ1v) is 9.60. The highest BCUT2D eigenvalue weighted by Crippen LogP contribution is 2.48. The van der Waals surface area contributed by atoms with Crippen molar-refractivity contribution in [3.8, 4) is 0 Å². The van der Waals surface area contributed by atoms with E-state index in [1.807, 2.05) is 31.0 Å². The summed E-state index contributed by atoms with van der Waals surface area (Å²) < 4.78 is -0.203. The Morgan fingerprint density at radius 2 is 1.56 bits per heavy atom. The molecule has 0 bridgehead atoms. The van der Waals surface area contributed by atoms with E-state index in [-0.39, 0.29) is 4.75 Å². The first-order valence-electron chi connectivity index (χ1n) is 8.61. The van der Waals surface area contributed by atoms with E-state index in [9.17, 15) is 0 Å². The second-order valence-corrected chi connectivity index (χ2v) is 7.14. The quantitative estimate of drug-likeness (QED) is 0.469. The van der Waals surface area contributed by atoms with Crippen molar-refractivity contribution >= 4 is 11.8 Å². The predicted octanol–water partition coefficient (Wildman–Crippen LogP) is 5.57. The molecule has 25 heavy (non-hydrogen) atoms. The lowest BCUT2D eigenvalue weighted by Gasteiger charge is -2.36. The average Bonchev–Trinajstić information content (AvgIpc) is 2.67. The normalized spacial score (nSPS) is 12.5. The number of thioether (sulfide) groups is 1. The van der Waals surface area contributed by atoms with Gasteiger partial charge in [0.15, 0.2) is 0 Å². The van der Waals surface area contributed by atoms with E-state index in [1.54, 1.807) is 0 Å². The summed E-state index contributed by atoms with van der Waals surface area (Å²) in [6, 6.07) is 21.6. The molecule has 0 atom stereocenters. The van der Waals surface area contributed by atoms with Crippen LogP contribution < -0.4 is 5.32 Å². The van der Waals surface area contributed by atoms with Gasteiger partial charge in [0.05, 0.1) is 4.75 Å². The molecule has 0 aliphatic carbocycles. The van der Waals surface area contributed by atoms with Crippen LogP contribution in [0.4, 0.5) is 0 Å². The number of hydrogen-bond acceptors (Lipinski definition) is 2.